The van der Waals surface area contributed by atoms with Crippen molar-refractivity contribution in [2.75, 3.05) is 18.8 Å². The van der Waals surface area contributed by atoms with Gasteiger partial charge in [0.15, 0.2) is 0 Å². The van der Waals surface area contributed by atoms with E-state index in [0.717, 1.165) is 17.5 Å². The minimum absolute atomic E-state index is 0.116. The SMILES string of the molecule is Cc1cc(C(=O)NCCCN)c2cccc(N)c2n1. The summed E-state index contributed by atoms with van der Waals surface area (Å²) in [7, 11) is 0. The molecule has 5 heteroatoms. The molecule has 1 aromatic carbocycles. The Hall–Kier alpha value is -2.14. The minimum atomic E-state index is -0.116. The fraction of sp³-hybridized carbons (Fsp3) is 0.286. The summed E-state index contributed by atoms with van der Waals surface area (Å²) in [6, 6.07) is 7.24. The van der Waals surface area contributed by atoms with Gasteiger partial charge in [0.2, 0.25) is 0 Å². The zero-order valence-electron chi connectivity index (χ0n) is 10.9. The molecule has 0 aliphatic heterocycles. The average Bonchev–Trinajstić information content (AvgIpc) is 2.39. The Labute approximate surface area is 112 Å². The predicted molar refractivity (Wildman–Crippen MR) is 76.9 cm³/mol. The summed E-state index contributed by atoms with van der Waals surface area (Å²) >= 11 is 0. The maximum absolute atomic E-state index is 12.2. The fourth-order valence-electron chi connectivity index (χ4n) is 1.99. The molecule has 0 aliphatic rings. The number of hydrogen-bond donors (Lipinski definition) is 3. The number of rotatable bonds is 4. The van der Waals surface area contributed by atoms with Crippen molar-refractivity contribution >= 4 is 22.5 Å². The minimum Gasteiger partial charge on any atom is -0.397 e. The number of pyridine rings is 1. The highest BCUT2D eigenvalue weighted by Gasteiger charge is 2.12. The topological polar surface area (TPSA) is 94.0 Å². The van der Waals surface area contributed by atoms with E-state index in [-0.39, 0.29) is 5.91 Å². The largest absolute Gasteiger partial charge is 0.397 e. The highest BCUT2D eigenvalue weighted by atomic mass is 16.1. The first-order valence-electron chi connectivity index (χ1n) is 6.27. The standard InChI is InChI=1S/C14H18N4O/c1-9-8-11(14(19)17-7-3-6-15)10-4-2-5-12(16)13(10)18-9/h2,4-5,8H,3,6-7,15-16H2,1H3,(H,17,19). The van der Waals surface area contributed by atoms with Crippen molar-refractivity contribution in [3.05, 3.63) is 35.5 Å². The molecule has 0 bridgehead atoms. The summed E-state index contributed by atoms with van der Waals surface area (Å²) in [5.74, 6) is -0.116. The molecule has 0 unspecified atom stereocenters. The lowest BCUT2D eigenvalue weighted by Crippen LogP contribution is -2.26. The van der Waals surface area contributed by atoms with Gasteiger partial charge in [0.1, 0.15) is 0 Å². The van der Waals surface area contributed by atoms with E-state index in [1.54, 1.807) is 12.1 Å². The van der Waals surface area contributed by atoms with Crippen LogP contribution < -0.4 is 16.8 Å². The molecule has 1 heterocycles. The molecule has 2 aromatic rings. The second-order valence-electron chi connectivity index (χ2n) is 4.45. The van der Waals surface area contributed by atoms with Crippen molar-refractivity contribution in [2.45, 2.75) is 13.3 Å². The van der Waals surface area contributed by atoms with Crippen molar-refractivity contribution < 1.29 is 4.79 Å². The molecule has 0 fully saturated rings. The molecular formula is C14H18N4O. The van der Waals surface area contributed by atoms with Gasteiger partial charge in [-0.25, -0.2) is 0 Å². The van der Waals surface area contributed by atoms with Crippen LogP contribution in [0.15, 0.2) is 24.3 Å². The first-order valence-corrected chi connectivity index (χ1v) is 6.27. The third-order valence-electron chi connectivity index (χ3n) is 2.91. The van der Waals surface area contributed by atoms with Crippen molar-refractivity contribution in [2.24, 2.45) is 5.73 Å². The lowest BCUT2D eigenvalue weighted by molar-refractivity contribution is 0.0955. The number of fused-ring (bicyclic) bond motifs is 1. The molecule has 2 rings (SSSR count). The second-order valence-corrected chi connectivity index (χ2v) is 4.45. The van der Waals surface area contributed by atoms with Gasteiger partial charge in [-0.3, -0.25) is 9.78 Å². The van der Waals surface area contributed by atoms with Crippen LogP contribution >= 0.6 is 0 Å². The molecule has 0 atom stereocenters. The van der Waals surface area contributed by atoms with Crippen LogP contribution in [0.3, 0.4) is 0 Å². The average molecular weight is 258 g/mol. The molecule has 0 spiro atoms. The van der Waals surface area contributed by atoms with Crippen LogP contribution in [0.1, 0.15) is 22.5 Å². The number of aromatic nitrogens is 1. The van der Waals surface area contributed by atoms with Gasteiger partial charge in [0, 0.05) is 17.6 Å². The summed E-state index contributed by atoms with van der Waals surface area (Å²) in [6.45, 7) is 2.98. The number of carbonyl (C=O) groups excluding carboxylic acids is 1. The molecule has 5 nitrogen and oxygen atoms in total. The van der Waals surface area contributed by atoms with E-state index >= 15 is 0 Å². The van der Waals surface area contributed by atoms with Crippen molar-refractivity contribution in [3.63, 3.8) is 0 Å². The van der Waals surface area contributed by atoms with Crippen LogP contribution in [-0.4, -0.2) is 24.0 Å². The first-order chi connectivity index (χ1) is 9.13. The molecule has 100 valence electrons. The molecule has 5 N–H and O–H groups in total. The van der Waals surface area contributed by atoms with E-state index in [2.05, 4.69) is 10.3 Å². The monoisotopic (exact) mass is 258 g/mol. The Morgan fingerprint density at radius 2 is 2.21 bits per heavy atom. The fourth-order valence-corrected chi connectivity index (χ4v) is 1.99. The smallest absolute Gasteiger partial charge is 0.252 e. The van der Waals surface area contributed by atoms with Crippen molar-refractivity contribution in [1.29, 1.82) is 0 Å². The van der Waals surface area contributed by atoms with Gasteiger partial charge in [0.05, 0.1) is 16.8 Å². The quantitative estimate of drug-likeness (QED) is 0.567. The van der Waals surface area contributed by atoms with Crippen molar-refractivity contribution in [1.82, 2.24) is 10.3 Å². The number of para-hydroxylation sites is 1. The van der Waals surface area contributed by atoms with E-state index in [1.165, 1.54) is 0 Å². The highest BCUT2D eigenvalue weighted by molar-refractivity contribution is 6.08. The van der Waals surface area contributed by atoms with Crippen LogP contribution in [0.5, 0.6) is 0 Å². The summed E-state index contributed by atoms with van der Waals surface area (Å²) in [5, 5.41) is 3.63. The van der Waals surface area contributed by atoms with E-state index in [1.807, 2.05) is 19.1 Å². The van der Waals surface area contributed by atoms with Crippen LogP contribution in [0, 0.1) is 6.92 Å². The maximum Gasteiger partial charge on any atom is 0.252 e. The van der Waals surface area contributed by atoms with Gasteiger partial charge in [0.25, 0.3) is 5.91 Å². The molecule has 1 aromatic heterocycles. The van der Waals surface area contributed by atoms with Gasteiger partial charge in [-0.2, -0.15) is 0 Å². The molecule has 0 aliphatic carbocycles. The van der Waals surface area contributed by atoms with Crippen molar-refractivity contribution in [3.8, 4) is 0 Å². The van der Waals surface area contributed by atoms with E-state index < -0.39 is 0 Å². The number of nitrogens with zero attached hydrogens (tertiary/aromatic N) is 1. The third-order valence-corrected chi connectivity index (χ3v) is 2.91. The Morgan fingerprint density at radius 1 is 1.42 bits per heavy atom. The van der Waals surface area contributed by atoms with E-state index in [0.29, 0.717) is 29.9 Å². The Bertz CT molecular complexity index is 610. The van der Waals surface area contributed by atoms with Crippen LogP contribution in [0.4, 0.5) is 5.69 Å². The molecule has 0 saturated heterocycles. The molecule has 0 saturated carbocycles. The summed E-state index contributed by atoms with van der Waals surface area (Å²) < 4.78 is 0. The number of anilines is 1. The van der Waals surface area contributed by atoms with Crippen LogP contribution in [0.2, 0.25) is 0 Å². The summed E-state index contributed by atoms with van der Waals surface area (Å²) in [5.41, 5.74) is 13.9. The van der Waals surface area contributed by atoms with Crippen LogP contribution in [0.25, 0.3) is 10.9 Å². The van der Waals surface area contributed by atoms with Crippen LogP contribution in [-0.2, 0) is 0 Å². The van der Waals surface area contributed by atoms with E-state index in [9.17, 15) is 4.79 Å². The highest BCUT2D eigenvalue weighted by Crippen LogP contribution is 2.23. The van der Waals surface area contributed by atoms with Gasteiger partial charge >= 0.3 is 0 Å². The zero-order chi connectivity index (χ0) is 13.8. The Morgan fingerprint density at radius 3 is 2.95 bits per heavy atom. The van der Waals surface area contributed by atoms with E-state index in [4.69, 9.17) is 11.5 Å². The number of nitrogens with one attached hydrogen (secondary N) is 1. The third kappa shape index (κ3) is 2.82. The zero-order valence-corrected chi connectivity index (χ0v) is 10.9. The summed E-state index contributed by atoms with van der Waals surface area (Å²) in [4.78, 5) is 16.6. The van der Waals surface area contributed by atoms with Gasteiger partial charge < -0.3 is 16.8 Å². The number of nitrogens with two attached hydrogens (primary N) is 2. The lowest BCUT2D eigenvalue weighted by atomic mass is 10.1. The lowest BCUT2D eigenvalue weighted by Gasteiger charge is -2.10. The molecular weight excluding hydrogens is 240 g/mol. The summed E-state index contributed by atoms with van der Waals surface area (Å²) in [6.07, 6.45) is 0.760. The number of hydrogen-bond acceptors (Lipinski definition) is 4. The molecule has 1 amide bonds. The number of amides is 1. The maximum atomic E-state index is 12.2. The Balaban J connectivity index is 2.42. The number of nitrogen functional groups attached to an aromatic ring is 1. The number of aryl methyl sites for hydroxylation is 1. The normalized spacial score (nSPS) is 10.6. The number of benzene rings is 1. The second kappa shape index (κ2) is 5.67. The Kier molecular flexibility index (Phi) is 3.97. The first kappa shape index (κ1) is 13.3. The predicted octanol–water partition coefficient (Wildman–Crippen LogP) is 1.20. The number of carbonyl (C=O) groups is 1. The van der Waals surface area contributed by atoms with Gasteiger partial charge in [-0.1, -0.05) is 12.1 Å². The van der Waals surface area contributed by atoms with Gasteiger partial charge in [-0.15, -0.1) is 0 Å². The van der Waals surface area contributed by atoms with Gasteiger partial charge in [-0.05, 0) is 32.0 Å². The molecule has 19 heavy (non-hydrogen) atoms. The molecule has 0 radical (unpaired) electrons.